The van der Waals surface area contributed by atoms with E-state index in [1.165, 1.54) is 0 Å². The van der Waals surface area contributed by atoms with Gasteiger partial charge in [-0.15, -0.1) is 26.3 Å². The van der Waals surface area contributed by atoms with Gasteiger partial charge in [0, 0.05) is 0 Å². The molecule has 0 aliphatic rings. The molecule has 0 atom stereocenters. The maximum absolute atomic E-state index is 11.8. The number of carboxylic acids is 1. The number of primary amides is 1. The zero-order chi connectivity index (χ0) is 23.3. The first-order valence-electron chi connectivity index (χ1n) is 7.14. The van der Waals surface area contributed by atoms with E-state index in [0.717, 1.165) is 24.5 Å². The predicted octanol–water partition coefficient (Wildman–Crippen LogP) is 1.92. The van der Waals surface area contributed by atoms with Gasteiger partial charge in [-0.25, -0.2) is 14.8 Å². The number of nitrogens with two attached hydrogens (primary N) is 3. The van der Waals surface area contributed by atoms with E-state index in [0.29, 0.717) is 0 Å². The van der Waals surface area contributed by atoms with Crippen molar-refractivity contribution >= 4 is 23.3 Å². The number of aromatic nitrogens is 2. The van der Waals surface area contributed by atoms with Crippen LogP contribution >= 0.6 is 0 Å². The summed E-state index contributed by atoms with van der Waals surface area (Å²) in [6.07, 6.45) is -8.14. The van der Waals surface area contributed by atoms with Crippen LogP contribution in [0.5, 0.6) is 11.8 Å². The van der Waals surface area contributed by atoms with E-state index in [1.54, 1.807) is 0 Å². The molecule has 10 nitrogen and oxygen atoms in total. The van der Waals surface area contributed by atoms with E-state index in [2.05, 4.69) is 19.4 Å². The minimum absolute atomic E-state index is 0.0123. The Morgan fingerprint density at radius 1 is 0.833 bits per heavy atom. The smallest absolute Gasteiger partial charge is 0.477 e. The normalized spacial score (nSPS) is 11.1. The van der Waals surface area contributed by atoms with Crippen LogP contribution in [0.25, 0.3) is 0 Å². The number of alkyl halides is 6. The number of ether oxygens (including phenoxy) is 2. The lowest BCUT2D eigenvalue weighted by Crippen LogP contribution is -2.22. The van der Waals surface area contributed by atoms with Crippen molar-refractivity contribution in [2.24, 2.45) is 5.73 Å². The largest absolute Gasteiger partial charge is 0.574 e. The number of hydrogen-bond donors (Lipinski definition) is 4. The molecule has 7 N–H and O–H groups in total. The Bertz CT molecular complexity index is 859. The van der Waals surface area contributed by atoms with Gasteiger partial charge < -0.3 is 31.8 Å². The summed E-state index contributed by atoms with van der Waals surface area (Å²) in [6.45, 7) is 0. The molecule has 2 rings (SSSR count). The Hall–Kier alpha value is -3.98. The lowest BCUT2D eigenvalue weighted by molar-refractivity contribution is -0.277. The molecule has 0 spiro atoms. The zero-order valence-electron chi connectivity index (χ0n) is 14.3. The first kappa shape index (κ1) is 24.1. The number of carbonyl (C=O) groups is 2. The van der Waals surface area contributed by atoms with Gasteiger partial charge in [-0.05, 0) is 12.1 Å². The third-order valence-corrected chi connectivity index (χ3v) is 2.67. The molecule has 0 bridgehead atoms. The highest BCUT2D eigenvalue weighted by Crippen LogP contribution is 2.26. The number of hydrogen-bond acceptors (Lipinski definition) is 8. The first-order chi connectivity index (χ1) is 13.6. The number of halogens is 6. The topological polar surface area (TPSA) is 177 Å². The van der Waals surface area contributed by atoms with Gasteiger partial charge >= 0.3 is 18.7 Å². The summed E-state index contributed by atoms with van der Waals surface area (Å²) >= 11 is 0. The van der Waals surface area contributed by atoms with E-state index in [-0.39, 0.29) is 11.4 Å². The van der Waals surface area contributed by atoms with Crippen LogP contribution in [0.3, 0.4) is 0 Å². The maximum atomic E-state index is 11.8. The van der Waals surface area contributed by atoms with Crippen LogP contribution < -0.4 is 26.7 Å². The molecular formula is C14H11F6N5O5. The van der Waals surface area contributed by atoms with Gasteiger partial charge in [-0.3, -0.25) is 4.79 Å². The Labute approximate surface area is 162 Å². The minimum Gasteiger partial charge on any atom is -0.477 e. The lowest BCUT2D eigenvalue weighted by atomic mass is 10.2. The van der Waals surface area contributed by atoms with Crippen LogP contribution in [0.15, 0.2) is 24.5 Å². The van der Waals surface area contributed by atoms with Gasteiger partial charge in [0.15, 0.2) is 0 Å². The van der Waals surface area contributed by atoms with Crippen LogP contribution in [0.4, 0.5) is 37.7 Å². The monoisotopic (exact) mass is 443 g/mol. The van der Waals surface area contributed by atoms with Crippen molar-refractivity contribution in [3.8, 4) is 11.8 Å². The van der Waals surface area contributed by atoms with Gasteiger partial charge in [-0.2, -0.15) is 0 Å². The second kappa shape index (κ2) is 9.01. The first-order valence-corrected chi connectivity index (χ1v) is 7.14. The molecule has 2 aromatic heterocycles. The molecule has 0 saturated carbocycles. The SMILES string of the molecule is NC(=O)c1cc(N)cnc1OC(F)(F)F.Nc1cnc(OC(F)(F)F)c(C(=O)O)c1. The van der Waals surface area contributed by atoms with Gasteiger partial charge in [0.2, 0.25) is 11.8 Å². The maximum Gasteiger partial charge on any atom is 0.574 e. The van der Waals surface area contributed by atoms with Gasteiger partial charge in [-0.1, -0.05) is 0 Å². The van der Waals surface area contributed by atoms with Gasteiger partial charge in [0.25, 0.3) is 5.91 Å². The van der Waals surface area contributed by atoms with Crippen molar-refractivity contribution in [2.75, 3.05) is 11.5 Å². The Balaban J connectivity index is 0.000000300. The van der Waals surface area contributed by atoms with E-state index < -0.39 is 47.5 Å². The molecule has 0 radical (unpaired) electrons. The highest BCUT2D eigenvalue weighted by atomic mass is 19.4. The summed E-state index contributed by atoms with van der Waals surface area (Å²) in [5.41, 5.74) is 13.9. The van der Waals surface area contributed by atoms with Gasteiger partial charge in [0.05, 0.1) is 23.8 Å². The van der Waals surface area contributed by atoms with E-state index >= 15 is 0 Å². The predicted molar refractivity (Wildman–Crippen MR) is 86.1 cm³/mol. The fourth-order valence-corrected chi connectivity index (χ4v) is 1.65. The molecule has 0 aliphatic carbocycles. The van der Waals surface area contributed by atoms with Crippen LogP contribution in [0.2, 0.25) is 0 Å². The van der Waals surface area contributed by atoms with Gasteiger partial charge in [0.1, 0.15) is 11.1 Å². The highest BCUT2D eigenvalue weighted by Gasteiger charge is 2.34. The molecule has 0 aliphatic heterocycles. The second-order valence-electron chi connectivity index (χ2n) is 5.01. The van der Waals surface area contributed by atoms with Crippen molar-refractivity contribution in [1.29, 1.82) is 0 Å². The minimum atomic E-state index is -4.99. The average Bonchev–Trinajstić information content (AvgIpc) is 2.56. The third kappa shape index (κ3) is 7.95. The fourth-order valence-electron chi connectivity index (χ4n) is 1.65. The second-order valence-corrected chi connectivity index (χ2v) is 5.01. The lowest BCUT2D eigenvalue weighted by Gasteiger charge is -2.10. The molecule has 30 heavy (non-hydrogen) atoms. The standard InChI is InChI=1S/C7H6F3N3O2.C7H5F3N2O3/c8-7(9,10)15-6-4(5(12)14)1-3(11)2-13-6;8-7(9,10)15-5-4(6(13)14)1-3(11)2-12-5/h1-2H,11H2,(H2,12,14);1-2H,11H2,(H,13,14). The number of pyridine rings is 2. The van der Waals surface area contributed by atoms with E-state index in [9.17, 15) is 35.9 Å². The summed E-state index contributed by atoms with van der Waals surface area (Å²) < 4.78 is 77.8. The van der Waals surface area contributed by atoms with Crippen LogP contribution in [-0.2, 0) is 0 Å². The van der Waals surface area contributed by atoms with Crippen molar-refractivity contribution in [3.05, 3.63) is 35.7 Å². The molecule has 1 amide bonds. The summed E-state index contributed by atoms with van der Waals surface area (Å²) in [6, 6.07) is 1.78. The number of aromatic carboxylic acids is 1. The fraction of sp³-hybridized carbons (Fsp3) is 0.143. The van der Waals surface area contributed by atoms with E-state index in [1.807, 2.05) is 0 Å². The van der Waals surface area contributed by atoms with Crippen LogP contribution in [0.1, 0.15) is 20.7 Å². The molecule has 2 aromatic rings. The number of carboxylic acid groups (broad SMARTS) is 1. The van der Waals surface area contributed by atoms with Crippen LogP contribution in [0, 0.1) is 0 Å². The number of nitrogens with zero attached hydrogens (tertiary/aromatic N) is 2. The third-order valence-electron chi connectivity index (χ3n) is 2.67. The van der Waals surface area contributed by atoms with Crippen LogP contribution in [-0.4, -0.2) is 39.7 Å². The van der Waals surface area contributed by atoms with Crippen molar-refractivity contribution < 1.29 is 50.5 Å². The molecule has 0 fully saturated rings. The quantitative estimate of drug-likeness (QED) is 0.514. The van der Waals surface area contributed by atoms with E-state index in [4.69, 9.17) is 22.3 Å². The molecule has 2 heterocycles. The number of amides is 1. The molecular weight excluding hydrogens is 432 g/mol. The number of rotatable bonds is 4. The number of anilines is 2. The number of carbonyl (C=O) groups excluding carboxylic acids is 1. The Morgan fingerprint density at radius 3 is 1.53 bits per heavy atom. The zero-order valence-corrected chi connectivity index (χ0v) is 14.3. The summed E-state index contributed by atoms with van der Waals surface area (Å²) in [5.74, 6) is -4.66. The average molecular weight is 443 g/mol. The summed E-state index contributed by atoms with van der Waals surface area (Å²) in [7, 11) is 0. The van der Waals surface area contributed by atoms with Crippen molar-refractivity contribution in [3.63, 3.8) is 0 Å². The molecule has 0 saturated heterocycles. The Kier molecular flexibility index (Phi) is 7.23. The highest BCUT2D eigenvalue weighted by molar-refractivity contribution is 5.95. The molecule has 16 heteroatoms. The van der Waals surface area contributed by atoms with Crippen molar-refractivity contribution in [2.45, 2.75) is 12.7 Å². The molecule has 0 aromatic carbocycles. The summed E-state index contributed by atoms with van der Waals surface area (Å²) in [4.78, 5) is 27.6. The molecule has 0 unspecified atom stereocenters. The summed E-state index contributed by atoms with van der Waals surface area (Å²) in [5, 5.41) is 8.54. The Morgan fingerprint density at radius 2 is 1.20 bits per heavy atom. The molecule has 164 valence electrons. The number of nitrogen functional groups attached to an aromatic ring is 2. The van der Waals surface area contributed by atoms with Crippen molar-refractivity contribution in [1.82, 2.24) is 9.97 Å².